The van der Waals surface area contributed by atoms with Gasteiger partial charge >= 0.3 is 6.09 Å². The van der Waals surface area contributed by atoms with E-state index < -0.39 is 114 Å². The highest BCUT2D eigenvalue weighted by atomic mass is 16.5. The number of Topliss-reactive ketones (excluding diaryl/α,β-unsaturated/α-hetero) is 1. The van der Waals surface area contributed by atoms with Crippen LogP contribution in [0.4, 0.5) is 4.79 Å². The third-order valence-electron chi connectivity index (χ3n) is 12.8. The number of ketones is 1. The summed E-state index contributed by atoms with van der Waals surface area (Å²) in [5, 5.41) is 18.5. The van der Waals surface area contributed by atoms with Gasteiger partial charge in [0.15, 0.2) is 0 Å². The van der Waals surface area contributed by atoms with E-state index in [0.29, 0.717) is 24.8 Å². The first-order chi connectivity index (χ1) is 35.3. The van der Waals surface area contributed by atoms with Gasteiger partial charge in [0, 0.05) is 39.6 Å². The molecule has 2 fully saturated rings. The van der Waals surface area contributed by atoms with Gasteiger partial charge in [0.2, 0.25) is 41.2 Å². The number of carbonyl (C=O) groups excluding carboxylic acids is 10. The Morgan fingerprint density at radius 3 is 2.08 bits per heavy atom. The summed E-state index contributed by atoms with van der Waals surface area (Å²) in [5.41, 5.74) is 0.271. The molecule has 0 bridgehead atoms. The Morgan fingerprint density at radius 1 is 0.784 bits per heavy atom. The van der Waals surface area contributed by atoms with Gasteiger partial charge in [-0.1, -0.05) is 114 Å². The topological polar surface area (TPSA) is 296 Å². The molecule has 1 aliphatic carbocycles. The normalized spacial score (nSPS) is 17.2. The molecule has 2 aliphatic rings. The van der Waals surface area contributed by atoms with E-state index in [2.05, 4.69) is 47.2 Å². The van der Waals surface area contributed by atoms with Crippen LogP contribution in [0, 0.1) is 17.3 Å². The SMILES string of the molecule is CCC[C@H](NC(=O)[C@@H]1CN(C(=O)CNC(=O)OCc2ccccc2)C[C@@H]1NC(=O)C(NC(=O)[C@@H](NC(=O)c1cnccn1)C1CCCCC1)C(C)(C)C)C(=O)C(=O)NCC(=O)N[C@H](C(=O)N(C)C)c1ccccc1. The van der Waals surface area contributed by atoms with Gasteiger partial charge < -0.3 is 51.8 Å². The molecule has 22 nitrogen and oxygen atoms in total. The fraction of sp³-hybridized carbons (Fsp3) is 0.500. The molecule has 2 heterocycles. The maximum absolute atomic E-state index is 14.5. The minimum atomic E-state index is -1.40. The summed E-state index contributed by atoms with van der Waals surface area (Å²) in [7, 11) is 3.05. The first-order valence-corrected chi connectivity index (χ1v) is 24.8. The van der Waals surface area contributed by atoms with Gasteiger partial charge in [-0.05, 0) is 41.7 Å². The molecule has 7 N–H and O–H groups in total. The van der Waals surface area contributed by atoms with Gasteiger partial charge in [-0.2, -0.15) is 0 Å². The zero-order valence-corrected chi connectivity index (χ0v) is 42.8. The average Bonchev–Trinajstić information content (AvgIpc) is 3.82. The number of likely N-dealkylation sites (N-methyl/N-ethyl adjacent to an activating group) is 1. The van der Waals surface area contributed by atoms with E-state index in [9.17, 15) is 47.9 Å². The van der Waals surface area contributed by atoms with Crippen LogP contribution < -0.4 is 37.2 Å². The van der Waals surface area contributed by atoms with E-state index in [-0.39, 0.29) is 37.7 Å². The van der Waals surface area contributed by atoms with E-state index in [1.807, 2.05) is 6.07 Å². The Kier molecular flexibility index (Phi) is 21.1. The van der Waals surface area contributed by atoms with Crippen molar-refractivity contribution in [1.29, 1.82) is 0 Å². The van der Waals surface area contributed by atoms with Gasteiger partial charge in [0.05, 0.1) is 30.7 Å². The molecule has 1 unspecified atom stereocenters. The first kappa shape index (κ1) is 57.1. The molecule has 0 spiro atoms. The molecule has 1 aliphatic heterocycles. The summed E-state index contributed by atoms with van der Waals surface area (Å²) in [6.07, 6.45) is 7.45. The molecule has 1 saturated heterocycles. The number of carbonyl (C=O) groups is 10. The van der Waals surface area contributed by atoms with Crippen molar-refractivity contribution in [3.63, 3.8) is 0 Å². The molecule has 2 aromatic carbocycles. The predicted molar refractivity (Wildman–Crippen MR) is 269 cm³/mol. The molecule has 0 radical (unpaired) electrons. The van der Waals surface area contributed by atoms with E-state index in [0.717, 1.165) is 24.8 Å². The van der Waals surface area contributed by atoms with Crippen LogP contribution in [-0.4, -0.2) is 143 Å². The second-order valence-electron chi connectivity index (χ2n) is 19.7. The van der Waals surface area contributed by atoms with Crippen molar-refractivity contribution in [1.82, 2.24) is 57.0 Å². The lowest BCUT2D eigenvalue weighted by molar-refractivity contribution is -0.141. The number of likely N-dealkylation sites (tertiary alicyclic amines) is 1. The minimum absolute atomic E-state index is 0.00725. The first-order valence-electron chi connectivity index (χ1n) is 24.8. The highest BCUT2D eigenvalue weighted by Crippen LogP contribution is 2.28. The molecule has 74 heavy (non-hydrogen) atoms. The molecule has 6 atom stereocenters. The molecular weight excluding hydrogens is 955 g/mol. The van der Waals surface area contributed by atoms with Crippen molar-refractivity contribution in [2.24, 2.45) is 17.3 Å². The fourth-order valence-electron chi connectivity index (χ4n) is 8.77. The van der Waals surface area contributed by atoms with E-state index in [1.54, 1.807) is 82.3 Å². The van der Waals surface area contributed by atoms with Gasteiger partial charge in [0.1, 0.15) is 37.0 Å². The van der Waals surface area contributed by atoms with Crippen LogP contribution in [-0.2, 0) is 49.7 Å². The predicted octanol–water partition coefficient (Wildman–Crippen LogP) is 1.47. The molecular formula is C52H69N11O11. The van der Waals surface area contributed by atoms with Crippen molar-refractivity contribution in [3.8, 4) is 0 Å². The zero-order chi connectivity index (χ0) is 54.0. The monoisotopic (exact) mass is 1020 g/mol. The van der Waals surface area contributed by atoms with E-state index in [4.69, 9.17) is 4.74 Å². The maximum atomic E-state index is 14.5. The van der Waals surface area contributed by atoms with Crippen molar-refractivity contribution >= 4 is 59.1 Å². The maximum Gasteiger partial charge on any atom is 0.407 e. The zero-order valence-electron chi connectivity index (χ0n) is 42.8. The van der Waals surface area contributed by atoms with Gasteiger partial charge in [-0.3, -0.25) is 48.1 Å². The van der Waals surface area contributed by atoms with Crippen LogP contribution in [0.25, 0.3) is 0 Å². The highest BCUT2D eigenvalue weighted by molar-refractivity contribution is 6.38. The quantitative estimate of drug-likeness (QED) is 0.0703. The minimum Gasteiger partial charge on any atom is -0.445 e. The second-order valence-corrected chi connectivity index (χ2v) is 19.7. The Hall–Kier alpha value is -7.78. The lowest BCUT2D eigenvalue weighted by Gasteiger charge is -2.35. The van der Waals surface area contributed by atoms with Gasteiger partial charge in [-0.15, -0.1) is 0 Å². The Balaban J connectivity index is 1.32. The Bertz CT molecular complexity index is 2450. The molecule has 398 valence electrons. The smallest absolute Gasteiger partial charge is 0.407 e. The summed E-state index contributed by atoms with van der Waals surface area (Å²) >= 11 is 0. The van der Waals surface area contributed by atoms with Crippen LogP contribution in [0.5, 0.6) is 0 Å². The van der Waals surface area contributed by atoms with Crippen molar-refractivity contribution in [2.75, 3.05) is 40.3 Å². The van der Waals surface area contributed by atoms with Crippen LogP contribution in [0.2, 0.25) is 0 Å². The third kappa shape index (κ3) is 16.6. The standard InChI is InChI=1S/C52H69N11O11/c1-7-17-36(43(66)48(70)55-27-39(64)59-42(50(72)62(5)6)34-22-15-10-16-23-34)57-45(67)35-29-63(40(65)28-56-51(73)74-31-32-18-11-8-12-19-32)30-38(35)58-49(71)44(52(2,3)4)61-47(69)41(33-20-13-9-14-21-33)60-46(68)37-26-53-24-25-54-37/h8,10-12,15-16,18-19,22-26,33,35-36,38,41-42,44H,7,9,13-14,17,20-21,27-31H2,1-6H3,(H,55,70)(H,56,73)(H,57,67)(H,58,71)(H,59,64)(H,60,68)(H,61,69)/t35-,36+,38+,41+,42+,44?/m1/s1. The molecule has 1 aromatic heterocycles. The van der Waals surface area contributed by atoms with Crippen LogP contribution in [0.15, 0.2) is 79.3 Å². The fourth-order valence-corrected chi connectivity index (χ4v) is 8.77. The molecule has 3 aromatic rings. The van der Waals surface area contributed by atoms with E-state index >= 15 is 0 Å². The Labute approximate surface area is 430 Å². The molecule has 9 amide bonds. The molecule has 1 saturated carbocycles. The number of rotatable bonds is 22. The summed E-state index contributed by atoms with van der Waals surface area (Å²) in [4.78, 5) is 147. The number of hydrogen-bond acceptors (Lipinski definition) is 13. The van der Waals surface area contributed by atoms with Crippen LogP contribution >= 0.6 is 0 Å². The van der Waals surface area contributed by atoms with E-state index in [1.165, 1.54) is 42.5 Å². The highest BCUT2D eigenvalue weighted by Gasteiger charge is 2.45. The number of nitrogens with one attached hydrogen (secondary N) is 7. The van der Waals surface area contributed by atoms with Gasteiger partial charge in [0.25, 0.3) is 11.8 Å². The van der Waals surface area contributed by atoms with Crippen molar-refractivity contribution in [2.45, 2.75) is 109 Å². The lowest BCUT2D eigenvalue weighted by atomic mass is 9.82. The number of nitrogens with zero attached hydrogens (tertiary/aromatic N) is 4. The molecule has 5 rings (SSSR count). The number of ether oxygens (including phenoxy) is 1. The largest absolute Gasteiger partial charge is 0.445 e. The third-order valence-corrected chi connectivity index (χ3v) is 12.8. The second kappa shape index (κ2) is 27.3. The average molecular weight is 1020 g/mol. The van der Waals surface area contributed by atoms with Crippen molar-refractivity contribution < 1.29 is 52.7 Å². The number of aromatic nitrogens is 2. The summed E-state index contributed by atoms with van der Waals surface area (Å²) in [6, 6.07) is 11.5. The Morgan fingerprint density at radius 2 is 1.46 bits per heavy atom. The number of alkyl carbamates (subject to hydrolysis) is 1. The number of benzene rings is 2. The van der Waals surface area contributed by atoms with Crippen molar-refractivity contribution in [3.05, 3.63) is 96.1 Å². The molecule has 22 heteroatoms. The number of amides is 9. The summed E-state index contributed by atoms with van der Waals surface area (Å²) < 4.78 is 5.25. The van der Waals surface area contributed by atoms with Gasteiger partial charge in [-0.25, -0.2) is 9.78 Å². The number of hydrogen-bond donors (Lipinski definition) is 7. The van der Waals surface area contributed by atoms with Crippen LogP contribution in [0.3, 0.4) is 0 Å². The summed E-state index contributed by atoms with van der Waals surface area (Å²) in [6.45, 7) is 5.09. The summed E-state index contributed by atoms with van der Waals surface area (Å²) in [5.74, 6) is -8.29. The van der Waals surface area contributed by atoms with Crippen LogP contribution in [0.1, 0.15) is 100 Å². The lowest BCUT2D eigenvalue weighted by Crippen LogP contribution is -2.61.